The average molecular weight is 242 g/mol. The van der Waals surface area contributed by atoms with Crippen LogP contribution in [0.15, 0.2) is 0 Å². The Labute approximate surface area is 104 Å². The van der Waals surface area contributed by atoms with E-state index in [9.17, 15) is 0 Å². The fraction of sp³-hybridized carbons (Fsp3) is 1.00. The highest BCUT2D eigenvalue weighted by molar-refractivity contribution is 4.88. The van der Waals surface area contributed by atoms with Crippen molar-refractivity contribution in [3.63, 3.8) is 0 Å². The monoisotopic (exact) mass is 242 g/mol. The molecule has 100 valence electrons. The van der Waals surface area contributed by atoms with E-state index in [1.165, 1.54) is 25.7 Å². The number of fused-ring (bicyclic) bond motifs is 1. The van der Waals surface area contributed by atoms with E-state index in [1.807, 2.05) is 0 Å². The summed E-state index contributed by atoms with van der Waals surface area (Å²) in [5, 5.41) is 0. The van der Waals surface area contributed by atoms with Crippen molar-refractivity contribution in [1.82, 2.24) is 4.90 Å². The van der Waals surface area contributed by atoms with Crippen LogP contribution in [0.2, 0.25) is 0 Å². The van der Waals surface area contributed by atoms with Crippen LogP contribution in [-0.2, 0) is 9.47 Å². The summed E-state index contributed by atoms with van der Waals surface area (Å²) in [6.07, 6.45) is 6.59. The number of ether oxygens (including phenoxy) is 2. The molecular formula is C13H26N2O2. The first-order chi connectivity index (χ1) is 8.31. The lowest BCUT2D eigenvalue weighted by Gasteiger charge is -2.44. The van der Waals surface area contributed by atoms with E-state index in [0.717, 1.165) is 32.7 Å². The summed E-state index contributed by atoms with van der Waals surface area (Å²) in [4.78, 5) is 2.55. The van der Waals surface area contributed by atoms with Crippen molar-refractivity contribution in [2.75, 3.05) is 33.4 Å². The lowest BCUT2D eigenvalue weighted by molar-refractivity contribution is -0.0897. The Balaban J connectivity index is 1.81. The van der Waals surface area contributed by atoms with Crippen molar-refractivity contribution in [3.05, 3.63) is 0 Å². The molecule has 3 unspecified atom stereocenters. The van der Waals surface area contributed by atoms with E-state index in [1.54, 1.807) is 7.11 Å². The maximum atomic E-state index is 6.15. The van der Waals surface area contributed by atoms with Gasteiger partial charge in [-0.25, -0.2) is 0 Å². The van der Waals surface area contributed by atoms with Crippen LogP contribution in [-0.4, -0.2) is 56.5 Å². The summed E-state index contributed by atoms with van der Waals surface area (Å²) in [7, 11) is 1.73. The van der Waals surface area contributed by atoms with E-state index < -0.39 is 0 Å². The Morgan fingerprint density at radius 3 is 3.06 bits per heavy atom. The zero-order valence-corrected chi connectivity index (χ0v) is 10.9. The second-order valence-electron chi connectivity index (χ2n) is 5.30. The molecule has 0 spiro atoms. The minimum atomic E-state index is 0.232. The normalized spacial score (nSPS) is 32.1. The summed E-state index contributed by atoms with van der Waals surface area (Å²) in [6, 6.07) is 0.849. The molecule has 0 bridgehead atoms. The van der Waals surface area contributed by atoms with Crippen LogP contribution in [0, 0.1) is 0 Å². The van der Waals surface area contributed by atoms with Crippen LogP contribution in [0.25, 0.3) is 0 Å². The van der Waals surface area contributed by atoms with Gasteiger partial charge in [0.2, 0.25) is 0 Å². The van der Waals surface area contributed by atoms with E-state index in [0.29, 0.717) is 12.1 Å². The van der Waals surface area contributed by atoms with Crippen LogP contribution < -0.4 is 5.73 Å². The molecule has 0 aromatic heterocycles. The summed E-state index contributed by atoms with van der Waals surface area (Å²) >= 11 is 0. The topological polar surface area (TPSA) is 47.7 Å². The molecule has 1 aliphatic carbocycles. The SMILES string of the molecule is COCCC(N)CN1CCOC2CCCCC21. The van der Waals surface area contributed by atoms with Crippen molar-refractivity contribution in [3.8, 4) is 0 Å². The molecule has 4 nitrogen and oxygen atoms in total. The third-order valence-corrected chi connectivity index (χ3v) is 4.01. The smallest absolute Gasteiger partial charge is 0.0730 e. The molecule has 0 radical (unpaired) electrons. The van der Waals surface area contributed by atoms with Gasteiger partial charge >= 0.3 is 0 Å². The molecule has 0 amide bonds. The van der Waals surface area contributed by atoms with Gasteiger partial charge in [0.25, 0.3) is 0 Å². The van der Waals surface area contributed by atoms with Crippen LogP contribution in [0.4, 0.5) is 0 Å². The Hall–Kier alpha value is -0.160. The van der Waals surface area contributed by atoms with Crippen molar-refractivity contribution in [2.24, 2.45) is 5.73 Å². The zero-order valence-electron chi connectivity index (χ0n) is 10.9. The molecule has 2 N–H and O–H groups in total. The fourth-order valence-electron chi connectivity index (χ4n) is 3.06. The molecular weight excluding hydrogens is 216 g/mol. The summed E-state index contributed by atoms with van der Waals surface area (Å²) < 4.78 is 11.0. The summed E-state index contributed by atoms with van der Waals surface area (Å²) in [6.45, 7) is 3.67. The van der Waals surface area contributed by atoms with Crippen molar-refractivity contribution < 1.29 is 9.47 Å². The third-order valence-electron chi connectivity index (χ3n) is 4.01. The van der Waals surface area contributed by atoms with Crippen LogP contribution in [0.1, 0.15) is 32.1 Å². The van der Waals surface area contributed by atoms with Gasteiger partial charge < -0.3 is 15.2 Å². The maximum absolute atomic E-state index is 6.15. The van der Waals surface area contributed by atoms with E-state index in [2.05, 4.69) is 4.90 Å². The minimum Gasteiger partial charge on any atom is -0.385 e. The Bertz CT molecular complexity index is 223. The number of morpholine rings is 1. The quantitative estimate of drug-likeness (QED) is 0.781. The van der Waals surface area contributed by atoms with Gasteiger partial charge in [-0.15, -0.1) is 0 Å². The number of methoxy groups -OCH3 is 1. The Morgan fingerprint density at radius 1 is 1.41 bits per heavy atom. The molecule has 2 aliphatic rings. The van der Waals surface area contributed by atoms with Crippen LogP contribution in [0.5, 0.6) is 0 Å². The second-order valence-corrected chi connectivity index (χ2v) is 5.30. The molecule has 0 aromatic rings. The van der Waals surface area contributed by atoms with Gasteiger partial charge in [-0.3, -0.25) is 4.90 Å². The first-order valence-electron chi connectivity index (χ1n) is 6.91. The highest BCUT2D eigenvalue weighted by Gasteiger charge is 2.34. The van der Waals surface area contributed by atoms with Crippen LogP contribution in [0.3, 0.4) is 0 Å². The van der Waals surface area contributed by atoms with Gasteiger partial charge in [-0.1, -0.05) is 12.8 Å². The molecule has 4 heteroatoms. The number of rotatable bonds is 5. The van der Waals surface area contributed by atoms with E-state index in [4.69, 9.17) is 15.2 Å². The maximum Gasteiger partial charge on any atom is 0.0730 e. The lowest BCUT2D eigenvalue weighted by atomic mass is 9.90. The predicted octanol–water partition coefficient (Wildman–Crippen LogP) is 0.994. The Kier molecular flexibility index (Phi) is 5.22. The van der Waals surface area contributed by atoms with Gasteiger partial charge in [0.05, 0.1) is 12.7 Å². The largest absolute Gasteiger partial charge is 0.385 e. The fourth-order valence-corrected chi connectivity index (χ4v) is 3.06. The van der Waals surface area contributed by atoms with Gasteiger partial charge in [-0.05, 0) is 19.3 Å². The number of hydrogen-bond donors (Lipinski definition) is 1. The predicted molar refractivity (Wildman–Crippen MR) is 68.0 cm³/mol. The number of nitrogens with two attached hydrogens (primary N) is 1. The highest BCUT2D eigenvalue weighted by Crippen LogP contribution is 2.28. The number of nitrogens with zero attached hydrogens (tertiary/aromatic N) is 1. The molecule has 3 atom stereocenters. The molecule has 1 saturated heterocycles. The van der Waals surface area contributed by atoms with Crippen molar-refractivity contribution in [1.29, 1.82) is 0 Å². The van der Waals surface area contributed by atoms with E-state index >= 15 is 0 Å². The minimum absolute atomic E-state index is 0.232. The molecule has 2 fully saturated rings. The standard InChI is InChI=1S/C13H26N2O2/c1-16-8-6-11(14)10-15-7-9-17-13-5-3-2-4-12(13)15/h11-13H,2-10,14H2,1H3. The molecule has 2 rings (SSSR count). The summed E-state index contributed by atoms with van der Waals surface area (Å²) in [5.41, 5.74) is 6.15. The molecule has 1 saturated carbocycles. The van der Waals surface area contributed by atoms with Gasteiger partial charge in [0.1, 0.15) is 0 Å². The summed E-state index contributed by atoms with van der Waals surface area (Å²) in [5.74, 6) is 0. The highest BCUT2D eigenvalue weighted by atomic mass is 16.5. The average Bonchev–Trinajstić information content (AvgIpc) is 2.37. The molecule has 17 heavy (non-hydrogen) atoms. The number of hydrogen-bond acceptors (Lipinski definition) is 4. The first-order valence-corrected chi connectivity index (χ1v) is 6.91. The first kappa shape index (κ1) is 13.3. The van der Waals surface area contributed by atoms with Gasteiger partial charge in [-0.2, -0.15) is 0 Å². The van der Waals surface area contributed by atoms with Crippen molar-refractivity contribution >= 4 is 0 Å². The van der Waals surface area contributed by atoms with Gasteiger partial charge in [0, 0.05) is 38.9 Å². The Morgan fingerprint density at radius 2 is 2.24 bits per heavy atom. The molecule has 1 heterocycles. The third kappa shape index (κ3) is 3.65. The van der Waals surface area contributed by atoms with Gasteiger partial charge in [0.15, 0.2) is 0 Å². The second kappa shape index (κ2) is 6.69. The van der Waals surface area contributed by atoms with Crippen molar-refractivity contribution in [2.45, 2.75) is 50.3 Å². The molecule has 1 aliphatic heterocycles. The zero-order chi connectivity index (χ0) is 12.1. The lowest BCUT2D eigenvalue weighted by Crippen LogP contribution is -2.55. The van der Waals surface area contributed by atoms with Crippen LogP contribution >= 0.6 is 0 Å². The van der Waals surface area contributed by atoms with E-state index in [-0.39, 0.29) is 6.04 Å². The molecule has 0 aromatic carbocycles.